The van der Waals surface area contributed by atoms with Crippen molar-refractivity contribution in [2.45, 2.75) is 6.04 Å². The zero-order valence-electron chi connectivity index (χ0n) is 11.6. The third-order valence-corrected chi connectivity index (χ3v) is 2.79. The maximum absolute atomic E-state index is 5.39. The summed E-state index contributed by atoms with van der Waals surface area (Å²) in [6, 6.07) is 3.75. The fourth-order valence-corrected chi connectivity index (χ4v) is 1.82. The molecular formula is C13H21NO4. The van der Waals surface area contributed by atoms with Crippen molar-refractivity contribution in [1.29, 1.82) is 0 Å². The largest absolute Gasteiger partial charge is 0.496 e. The van der Waals surface area contributed by atoms with Crippen LogP contribution in [0.5, 0.6) is 17.2 Å². The van der Waals surface area contributed by atoms with Crippen LogP contribution in [0.3, 0.4) is 0 Å². The molecule has 0 aliphatic rings. The number of benzene rings is 1. The highest BCUT2D eigenvalue weighted by molar-refractivity contribution is 5.51. The number of rotatable bonds is 7. The van der Waals surface area contributed by atoms with E-state index in [1.54, 1.807) is 28.4 Å². The van der Waals surface area contributed by atoms with Gasteiger partial charge in [-0.2, -0.15) is 0 Å². The van der Waals surface area contributed by atoms with Crippen LogP contribution in [0.4, 0.5) is 0 Å². The molecule has 0 radical (unpaired) electrons. The van der Waals surface area contributed by atoms with Gasteiger partial charge in [-0.05, 0) is 13.1 Å². The summed E-state index contributed by atoms with van der Waals surface area (Å²) in [6.45, 7) is 0.544. The molecule has 0 amide bonds. The van der Waals surface area contributed by atoms with E-state index in [9.17, 15) is 0 Å². The van der Waals surface area contributed by atoms with E-state index in [1.165, 1.54) is 0 Å². The van der Waals surface area contributed by atoms with Gasteiger partial charge in [0.25, 0.3) is 0 Å². The van der Waals surface area contributed by atoms with E-state index in [0.29, 0.717) is 18.1 Å². The molecule has 0 aromatic heterocycles. The van der Waals surface area contributed by atoms with Gasteiger partial charge in [-0.1, -0.05) is 0 Å². The lowest BCUT2D eigenvalue weighted by molar-refractivity contribution is 0.168. The van der Waals surface area contributed by atoms with Crippen LogP contribution >= 0.6 is 0 Å². The second kappa shape index (κ2) is 7.08. The molecule has 18 heavy (non-hydrogen) atoms. The van der Waals surface area contributed by atoms with E-state index >= 15 is 0 Å². The zero-order valence-corrected chi connectivity index (χ0v) is 11.6. The van der Waals surface area contributed by atoms with Gasteiger partial charge in [0.05, 0.1) is 34.0 Å². The Kier molecular flexibility index (Phi) is 5.74. The molecule has 0 saturated carbocycles. The molecule has 0 saturated heterocycles. The molecule has 1 aromatic rings. The molecule has 5 heteroatoms. The number of hydrogen-bond acceptors (Lipinski definition) is 5. The Bertz CT molecular complexity index is 381. The molecule has 0 aliphatic heterocycles. The topological polar surface area (TPSA) is 49.0 Å². The Balaban J connectivity index is 3.23. The molecule has 1 N–H and O–H groups in total. The second-order valence-corrected chi connectivity index (χ2v) is 3.75. The first-order chi connectivity index (χ1) is 8.71. The maximum Gasteiger partial charge on any atom is 0.164 e. The predicted octanol–water partition coefficient (Wildman–Crippen LogP) is 1.62. The number of ether oxygens (including phenoxy) is 4. The van der Waals surface area contributed by atoms with Gasteiger partial charge in [0.1, 0.15) is 5.75 Å². The van der Waals surface area contributed by atoms with Crippen molar-refractivity contribution in [3.8, 4) is 17.2 Å². The molecular weight excluding hydrogens is 234 g/mol. The molecule has 0 fully saturated rings. The molecule has 1 unspecified atom stereocenters. The maximum atomic E-state index is 5.39. The van der Waals surface area contributed by atoms with Crippen molar-refractivity contribution in [2.24, 2.45) is 0 Å². The normalized spacial score (nSPS) is 12.1. The Morgan fingerprint density at radius 1 is 0.944 bits per heavy atom. The highest BCUT2D eigenvalue weighted by atomic mass is 16.5. The van der Waals surface area contributed by atoms with Crippen LogP contribution < -0.4 is 19.5 Å². The summed E-state index contributed by atoms with van der Waals surface area (Å²) in [7, 11) is 8.38. The zero-order chi connectivity index (χ0) is 13.5. The van der Waals surface area contributed by atoms with Crippen LogP contribution in [0, 0.1) is 0 Å². The smallest absolute Gasteiger partial charge is 0.164 e. The highest BCUT2D eigenvalue weighted by Gasteiger charge is 2.18. The average Bonchev–Trinajstić information content (AvgIpc) is 2.43. The molecule has 0 aliphatic carbocycles. The van der Waals surface area contributed by atoms with Gasteiger partial charge in [-0.15, -0.1) is 0 Å². The Morgan fingerprint density at radius 2 is 1.50 bits per heavy atom. The molecule has 0 bridgehead atoms. The van der Waals surface area contributed by atoms with Crippen LogP contribution in [-0.4, -0.2) is 42.1 Å². The minimum atomic E-state index is 0.0322. The van der Waals surface area contributed by atoms with Crippen LogP contribution in [0.25, 0.3) is 0 Å². The average molecular weight is 255 g/mol. The minimum absolute atomic E-state index is 0.0322. The monoisotopic (exact) mass is 255 g/mol. The standard InChI is InChI=1S/C13H21NO4/c1-14-10(8-15-2)9-6-12(17-4)13(18-5)7-11(9)16-3/h6-7,10,14H,8H2,1-5H3. The van der Waals surface area contributed by atoms with Crippen LogP contribution in [0.15, 0.2) is 12.1 Å². The molecule has 1 atom stereocenters. The Morgan fingerprint density at radius 3 is 1.94 bits per heavy atom. The van der Waals surface area contributed by atoms with Gasteiger partial charge in [-0.3, -0.25) is 0 Å². The molecule has 1 rings (SSSR count). The summed E-state index contributed by atoms with van der Waals surface area (Å²) in [6.07, 6.45) is 0. The fraction of sp³-hybridized carbons (Fsp3) is 0.538. The lowest BCUT2D eigenvalue weighted by Crippen LogP contribution is -2.21. The lowest BCUT2D eigenvalue weighted by atomic mass is 10.1. The van der Waals surface area contributed by atoms with Gasteiger partial charge >= 0.3 is 0 Å². The molecule has 1 aromatic carbocycles. The summed E-state index contributed by atoms with van der Waals surface area (Å²) in [5.41, 5.74) is 0.972. The minimum Gasteiger partial charge on any atom is -0.496 e. The predicted molar refractivity (Wildman–Crippen MR) is 69.8 cm³/mol. The van der Waals surface area contributed by atoms with E-state index in [2.05, 4.69) is 5.32 Å². The van der Waals surface area contributed by atoms with Crippen molar-refractivity contribution in [3.05, 3.63) is 17.7 Å². The van der Waals surface area contributed by atoms with E-state index in [-0.39, 0.29) is 6.04 Å². The van der Waals surface area contributed by atoms with Crippen LogP contribution in [-0.2, 0) is 4.74 Å². The van der Waals surface area contributed by atoms with Gasteiger partial charge in [0.15, 0.2) is 11.5 Å². The first-order valence-electron chi connectivity index (χ1n) is 5.67. The summed E-state index contributed by atoms with van der Waals surface area (Å²) in [5.74, 6) is 2.05. The third-order valence-electron chi connectivity index (χ3n) is 2.79. The third kappa shape index (κ3) is 3.05. The van der Waals surface area contributed by atoms with Crippen molar-refractivity contribution in [2.75, 3.05) is 42.1 Å². The first kappa shape index (κ1) is 14.6. The van der Waals surface area contributed by atoms with Gasteiger partial charge in [0.2, 0.25) is 0 Å². The number of methoxy groups -OCH3 is 4. The number of nitrogens with one attached hydrogen (secondary N) is 1. The van der Waals surface area contributed by atoms with Gasteiger partial charge in [0, 0.05) is 18.7 Å². The second-order valence-electron chi connectivity index (χ2n) is 3.75. The van der Waals surface area contributed by atoms with Crippen molar-refractivity contribution >= 4 is 0 Å². The summed E-state index contributed by atoms with van der Waals surface area (Å²) >= 11 is 0. The molecule has 102 valence electrons. The quantitative estimate of drug-likeness (QED) is 0.802. The van der Waals surface area contributed by atoms with E-state index in [4.69, 9.17) is 18.9 Å². The van der Waals surface area contributed by atoms with Crippen LogP contribution in [0.1, 0.15) is 11.6 Å². The molecule has 5 nitrogen and oxygen atoms in total. The lowest BCUT2D eigenvalue weighted by Gasteiger charge is -2.20. The van der Waals surface area contributed by atoms with Crippen molar-refractivity contribution in [3.63, 3.8) is 0 Å². The molecule has 0 spiro atoms. The van der Waals surface area contributed by atoms with Gasteiger partial charge in [-0.25, -0.2) is 0 Å². The number of hydrogen-bond donors (Lipinski definition) is 1. The summed E-state index contributed by atoms with van der Waals surface area (Å²) < 4.78 is 21.1. The fourth-order valence-electron chi connectivity index (χ4n) is 1.82. The van der Waals surface area contributed by atoms with Crippen LogP contribution in [0.2, 0.25) is 0 Å². The first-order valence-corrected chi connectivity index (χ1v) is 5.67. The van der Waals surface area contributed by atoms with Crippen molar-refractivity contribution in [1.82, 2.24) is 5.32 Å². The van der Waals surface area contributed by atoms with Gasteiger partial charge < -0.3 is 24.3 Å². The highest BCUT2D eigenvalue weighted by Crippen LogP contribution is 2.37. The van der Waals surface area contributed by atoms with Crippen molar-refractivity contribution < 1.29 is 18.9 Å². The summed E-state index contributed by atoms with van der Waals surface area (Å²) in [4.78, 5) is 0. The SMILES string of the molecule is CNC(COC)c1cc(OC)c(OC)cc1OC. The number of likely N-dealkylation sites (N-methyl/N-ethyl adjacent to an activating group) is 1. The summed E-state index contributed by atoms with van der Waals surface area (Å²) in [5, 5.41) is 3.18. The van der Waals surface area contributed by atoms with E-state index < -0.39 is 0 Å². The van der Waals surface area contributed by atoms with E-state index in [0.717, 1.165) is 11.3 Å². The Hall–Kier alpha value is -1.46. The molecule has 0 heterocycles. The van der Waals surface area contributed by atoms with E-state index in [1.807, 2.05) is 19.2 Å². The Labute approximate surface area is 108 Å².